The third-order valence-electron chi connectivity index (χ3n) is 4.14. The summed E-state index contributed by atoms with van der Waals surface area (Å²) in [6.45, 7) is 0.834. The van der Waals surface area contributed by atoms with Crippen molar-refractivity contribution in [1.82, 2.24) is 10.6 Å². The minimum absolute atomic E-state index is 0.131. The second-order valence-corrected chi connectivity index (χ2v) is 8.97. The number of anilines is 1. The van der Waals surface area contributed by atoms with Crippen LogP contribution in [-0.2, 0) is 28.7 Å². The van der Waals surface area contributed by atoms with Gasteiger partial charge in [0.2, 0.25) is 0 Å². The van der Waals surface area contributed by atoms with Gasteiger partial charge in [0.1, 0.15) is 5.82 Å². The minimum Gasteiger partial charge on any atom is -0.378 e. The van der Waals surface area contributed by atoms with Crippen molar-refractivity contribution in [2.45, 2.75) is 18.8 Å². The normalized spacial score (nSPS) is 12.0. The first-order valence-corrected chi connectivity index (χ1v) is 10.9. The highest BCUT2D eigenvalue weighted by atomic mass is 32.2. The highest BCUT2D eigenvalue weighted by Crippen LogP contribution is 2.15. The van der Waals surface area contributed by atoms with Crippen LogP contribution in [0.3, 0.4) is 0 Å². The molecule has 2 rings (SSSR count). The first-order chi connectivity index (χ1) is 13.2. The van der Waals surface area contributed by atoms with Gasteiger partial charge in [0, 0.05) is 46.2 Å². The number of rotatable bonds is 7. The predicted octanol–water partition coefficient (Wildman–Crippen LogP) is 2.30. The molecule has 0 atom stereocenters. The maximum absolute atomic E-state index is 13.6. The molecule has 0 saturated carbocycles. The third-order valence-corrected chi connectivity index (χ3v) is 4.98. The van der Waals surface area contributed by atoms with Crippen LogP contribution in [0.1, 0.15) is 16.7 Å². The van der Waals surface area contributed by atoms with Crippen molar-refractivity contribution in [1.29, 1.82) is 0 Å². The zero-order valence-corrected chi connectivity index (χ0v) is 17.5. The van der Waals surface area contributed by atoms with Crippen molar-refractivity contribution in [3.05, 3.63) is 65.0 Å². The minimum atomic E-state index is -3.21. The first-order valence-electron chi connectivity index (χ1n) is 8.84. The molecule has 8 heteroatoms. The number of nitrogens with one attached hydrogen (secondary N) is 2. The summed E-state index contributed by atoms with van der Waals surface area (Å²) in [5, 5.41) is 6.33. The lowest BCUT2D eigenvalue weighted by Gasteiger charge is -2.16. The van der Waals surface area contributed by atoms with Crippen LogP contribution in [-0.4, -0.2) is 41.8 Å². The Labute approximate surface area is 166 Å². The van der Waals surface area contributed by atoms with E-state index in [2.05, 4.69) is 21.7 Å². The Morgan fingerprint density at radius 2 is 1.79 bits per heavy atom. The van der Waals surface area contributed by atoms with Crippen LogP contribution in [0, 0.1) is 5.82 Å². The van der Waals surface area contributed by atoms with Gasteiger partial charge in [-0.25, -0.2) is 12.8 Å². The molecule has 2 aromatic carbocycles. The molecule has 28 heavy (non-hydrogen) atoms. The molecule has 0 heterocycles. The lowest BCUT2D eigenvalue weighted by Crippen LogP contribution is -2.36. The molecular formula is C20H27FN4O2S. The summed E-state index contributed by atoms with van der Waals surface area (Å²) >= 11 is 0. The second kappa shape index (κ2) is 9.54. The molecule has 0 saturated heterocycles. The topological polar surface area (TPSA) is 73.8 Å². The van der Waals surface area contributed by atoms with Crippen molar-refractivity contribution < 1.29 is 12.8 Å². The first kappa shape index (κ1) is 21.7. The molecule has 0 amide bonds. The number of halogens is 1. The Balaban J connectivity index is 2.03. The largest absolute Gasteiger partial charge is 0.378 e. The fourth-order valence-electron chi connectivity index (χ4n) is 2.71. The zero-order valence-electron chi connectivity index (χ0n) is 16.7. The third kappa shape index (κ3) is 6.84. The highest BCUT2D eigenvalue weighted by molar-refractivity contribution is 7.89. The summed E-state index contributed by atoms with van der Waals surface area (Å²) in [5.41, 5.74) is 3.36. The van der Waals surface area contributed by atoms with Crippen molar-refractivity contribution in [2.24, 2.45) is 4.99 Å². The summed E-state index contributed by atoms with van der Waals surface area (Å²) in [7, 11) is 2.41. The number of aliphatic imine (C=N–C) groups is 1. The molecule has 0 fully saturated rings. The quantitative estimate of drug-likeness (QED) is 0.545. The van der Waals surface area contributed by atoms with E-state index in [1.54, 1.807) is 7.05 Å². The molecule has 0 spiro atoms. The van der Waals surface area contributed by atoms with Gasteiger partial charge in [0.15, 0.2) is 15.8 Å². The van der Waals surface area contributed by atoms with Crippen molar-refractivity contribution in [3.8, 4) is 0 Å². The van der Waals surface area contributed by atoms with Crippen molar-refractivity contribution in [2.75, 3.05) is 32.3 Å². The summed E-state index contributed by atoms with van der Waals surface area (Å²) < 4.78 is 36.9. The van der Waals surface area contributed by atoms with Gasteiger partial charge in [-0.2, -0.15) is 0 Å². The Morgan fingerprint density at radius 1 is 1.07 bits per heavy atom. The fraction of sp³-hybridized carbons (Fsp3) is 0.350. The molecular weight excluding hydrogens is 379 g/mol. The molecule has 152 valence electrons. The predicted molar refractivity (Wildman–Crippen MR) is 113 cm³/mol. The van der Waals surface area contributed by atoms with E-state index in [0.717, 1.165) is 17.5 Å². The smallest absolute Gasteiger partial charge is 0.191 e. The SMILES string of the molecule is CN=C(NCc1cccc(N(C)C)c1)NCc1cc(F)ccc1CS(C)(=O)=O. The van der Waals surface area contributed by atoms with Gasteiger partial charge in [-0.05, 0) is 41.0 Å². The Bertz CT molecular complexity index is 943. The van der Waals surface area contributed by atoms with E-state index in [4.69, 9.17) is 0 Å². The van der Waals surface area contributed by atoms with Crippen LogP contribution < -0.4 is 15.5 Å². The summed E-state index contributed by atoms with van der Waals surface area (Å²) in [6.07, 6.45) is 1.16. The standard InChI is InChI=1S/C20H27FN4O2S/c1-22-20(23-12-15-6-5-7-19(10-15)25(2)3)24-13-17-11-18(21)9-8-16(17)14-28(4,26)27/h5-11H,12-14H2,1-4H3,(H2,22,23,24). The van der Waals surface area contributed by atoms with Crippen LogP contribution in [0.15, 0.2) is 47.5 Å². The number of benzene rings is 2. The number of guanidine groups is 1. The Morgan fingerprint density at radius 3 is 2.43 bits per heavy atom. The fourth-order valence-corrected chi connectivity index (χ4v) is 3.56. The lowest BCUT2D eigenvalue weighted by atomic mass is 10.1. The van der Waals surface area contributed by atoms with E-state index in [0.29, 0.717) is 23.6 Å². The van der Waals surface area contributed by atoms with E-state index < -0.39 is 15.7 Å². The van der Waals surface area contributed by atoms with Gasteiger partial charge in [0.05, 0.1) is 5.75 Å². The molecule has 0 bridgehead atoms. The molecule has 2 N–H and O–H groups in total. The van der Waals surface area contributed by atoms with E-state index >= 15 is 0 Å². The van der Waals surface area contributed by atoms with E-state index in [1.165, 1.54) is 18.2 Å². The lowest BCUT2D eigenvalue weighted by molar-refractivity contribution is 0.599. The highest BCUT2D eigenvalue weighted by Gasteiger charge is 2.11. The molecule has 0 aliphatic carbocycles. The average molecular weight is 407 g/mol. The van der Waals surface area contributed by atoms with Crippen molar-refractivity contribution in [3.63, 3.8) is 0 Å². The van der Waals surface area contributed by atoms with Gasteiger partial charge < -0.3 is 15.5 Å². The van der Waals surface area contributed by atoms with Crippen LogP contribution >= 0.6 is 0 Å². The number of nitrogens with zero attached hydrogens (tertiary/aromatic N) is 2. The number of hydrogen-bond donors (Lipinski definition) is 2. The molecule has 0 radical (unpaired) electrons. The van der Waals surface area contributed by atoms with E-state index in [1.807, 2.05) is 37.2 Å². The molecule has 0 aromatic heterocycles. The van der Waals surface area contributed by atoms with E-state index in [9.17, 15) is 12.8 Å². The summed E-state index contributed by atoms with van der Waals surface area (Å²) in [4.78, 5) is 6.21. The monoisotopic (exact) mass is 406 g/mol. The van der Waals surface area contributed by atoms with Crippen LogP contribution in [0.4, 0.5) is 10.1 Å². The maximum Gasteiger partial charge on any atom is 0.191 e. The van der Waals surface area contributed by atoms with Crippen molar-refractivity contribution >= 4 is 21.5 Å². The molecule has 0 aliphatic heterocycles. The maximum atomic E-state index is 13.6. The van der Waals surface area contributed by atoms with E-state index in [-0.39, 0.29) is 12.3 Å². The second-order valence-electron chi connectivity index (χ2n) is 6.83. The Kier molecular flexibility index (Phi) is 7.39. The molecule has 2 aromatic rings. The number of sulfone groups is 1. The number of hydrogen-bond acceptors (Lipinski definition) is 4. The summed E-state index contributed by atoms with van der Waals surface area (Å²) in [5.74, 6) is 0.00974. The van der Waals surface area contributed by atoms with Gasteiger partial charge >= 0.3 is 0 Å². The Hall–Kier alpha value is -2.61. The van der Waals surface area contributed by atoms with Crippen LogP contribution in [0.5, 0.6) is 0 Å². The zero-order chi connectivity index (χ0) is 20.7. The average Bonchev–Trinajstić information content (AvgIpc) is 2.63. The van der Waals surface area contributed by atoms with Gasteiger partial charge in [-0.15, -0.1) is 0 Å². The summed E-state index contributed by atoms with van der Waals surface area (Å²) in [6, 6.07) is 12.3. The van der Waals surface area contributed by atoms with Crippen LogP contribution in [0.2, 0.25) is 0 Å². The molecule has 0 unspecified atom stereocenters. The van der Waals surface area contributed by atoms with Gasteiger partial charge in [0.25, 0.3) is 0 Å². The molecule has 6 nitrogen and oxygen atoms in total. The molecule has 0 aliphatic rings. The van der Waals surface area contributed by atoms with Gasteiger partial charge in [-0.1, -0.05) is 18.2 Å². The van der Waals surface area contributed by atoms with Gasteiger partial charge in [-0.3, -0.25) is 4.99 Å². The van der Waals surface area contributed by atoms with Crippen LogP contribution in [0.25, 0.3) is 0 Å².